The number of amides is 1. The van der Waals surface area contributed by atoms with E-state index in [0.717, 1.165) is 0 Å². The first kappa shape index (κ1) is 10.1. The van der Waals surface area contributed by atoms with Crippen molar-refractivity contribution in [3.8, 4) is 0 Å². The zero-order valence-corrected chi connectivity index (χ0v) is 6.43. The second kappa shape index (κ2) is 4.11. The summed E-state index contributed by atoms with van der Waals surface area (Å²) in [4.78, 5) is 9.92. The maximum Gasteiger partial charge on any atom is 0.404 e. The highest BCUT2D eigenvalue weighted by Gasteiger charge is 1.99. The molecule has 7 nitrogen and oxygen atoms in total. The third-order valence-corrected chi connectivity index (χ3v) is 1.26. The Balaban J connectivity index is 3.37. The van der Waals surface area contributed by atoms with Gasteiger partial charge in [-0.05, 0) is 0 Å². The second-order valence-electron chi connectivity index (χ2n) is 1.61. The summed E-state index contributed by atoms with van der Waals surface area (Å²) in [6.45, 7) is -0.215. The second-order valence-corrected chi connectivity index (χ2v) is 2.99. The van der Waals surface area contributed by atoms with E-state index in [0.29, 0.717) is 0 Å². The summed E-state index contributed by atoms with van der Waals surface area (Å²) in [5.74, 6) is 0. The first-order chi connectivity index (χ1) is 4.92. The van der Waals surface area contributed by atoms with Crippen LogP contribution in [0.4, 0.5) is 4.79 Å². The monoisotopic (exact) mass is 183 g/mol. The standard InChI is InChI=1S/C3H9N3O4S/c4-3(7)10-2-1-6-11(5,8)9/h6H,1-2H2,(H2,4,7)(H2,5,8,9). The molecule has 0 atom stereocenters. The van der Waals surface area contributed by atoms with E-state index in [9.17, 15) is 13.2 Å². The molecule has 1 amide bonds. The summed E-state index contributed by atoms with van der Waals surface area (Å²) in [6, 6.07) is 0. The van der Waals surface area contributed by atoms with Crippen LogP contribution in [0, 0.1) is 0 Å². The summed E-state index contributed by atoms with van der Waals surface area (Å²) in [5.41, 5.74) is 4.57. The first-order valence-corrected chi connectivity index (χ1v) is 4.16. The van der Waals surface area contributed by atoms with Crippen LogP contribution in [0.15, 0.2) is 0 Å². The molecule has 0 bridgehead atoms. The molecule has 0 aromatic heterocycles. The largest absolute Gasteiger partial charge is 0.448 e. The topological polar surface area (TPSA) is 125 Å². The average molecular weight is 183 g/mol. The molecule has 0 radical (unpaired) electrons. The van der Waals surface area contributed by atoms with E-state index in [2.05, 4.69) is 15.6 Å². The predicted octanol–water partition coefficient (Wildman–Crippen LogP) is -2.13. The van der Waals surface area contributed by atoms with Crippen molar-refractivity contribution >= 4 is 16.3 Å². The Kier molecular flexibility index (Phi) is 3.79. The van der Waals surface area contributed by atoms with Gasteiger partial charge in [-0.3, -0.25) is 0 Å². The first-order valence-electron chi connectivity index (χ1n) is 2.61. The van der Waals surface area contributed by atoms with Crippen molar-refractivity contribution in [2.45, 2.75) is 0 Å². The van der Waals surface area contributed by atoms with Gasteiger partial charge in [-0.2, -0.15) is 13.1 Å². The summed E-state index contributed by atoms with van der Waals surface area (Å²) < 4.78 is 26.4. The lowest BCUT2D eigenvalue weighted by Crippen LogP contribution is -2.34. The molecule has 0 rings (SSSR count). The predicted molar refractivity (Wildman–Crippen MR) is 36.6 cm³/mol. The molecule has 0 heterocycles. The van der Waals surface area contributed by atoms with Crippen LogP contribution in [0.25, 0.3) is 0 Å². The van der Waals surface area contributed by atoms with Gasteiger partial charge in [0, 0.05) is 6.54 Å². The number of nitrogens with one attached hydrogen (secondary N) is 1. The molecule has 5 N–H and O–H groups in total. The van der Waals surface area contributed by atoms with Gasteiger partial charge in [0.15, 0.2) is 0 Å². The average Bonchev–Trinajstić information content (AvgIpc) is 1.78. The summed E-state index contributed by atoms with van der Waals surface area (Å²) in [7, 11) is -3.70. The van der Waals surface area contributed by atoms with Crippen LogP contribution < -0.4 is 15.6 Å². The summed E-state index contributed by atoms with van der Waals surface area (Å²) in [6.07, 6.45) is -0.957. The van der Waals surface area contributed by atoms with Gasteiger partial charge in [-0.15, -0.1) is 0 Å². The van der Waals surface area contributed by atoms with Crippen LogP contribution >= 0.6 is 0 Å². The van der Waals surface area contributed by atoms with Gasteiger partial charge >= 0.3 is 6.09 Å². The minimum absolute atomic E-state index is 0.0816. The van der Waals surface area contributed by atoms with Crippen molar-refractivity contribution in [2.24, 2.45) is 10.9 Å². The highest BCUT2D eigenvalue weighted by molar-refractivity contribution is 7.87. The smallest absolute Gasteiger partial charge is 0.404 e. The number of carbonyl (C=O) groups excluding carboxylic acids is 1. The summed E-state index contributed by atoms with van der Waals surface area (Å²) >= 11 is 0. The Bertz CT molecular complexity index is 223. The van der Waals surface area contributed by atoms with Gasteiger partial charge in [0.25, 0.3) is 10.2 Å². The van der Waals surface area contributed by atoms with Crippen molar-refractivity contribution < 1.29 is 17.9 Å². The minimum atomic E-state index is -3.70. The van der Waals surface area contributed by atoms with Crippen LogP contribution in [0.5, 0.6) is 0 Å². The third kappa shape index (κ3) is 9.14. The quantitative estimate of drug-likeness (QED) is 0.430. The number of carbonyl (C=O) groups is 1. The van der Waals surface area contributed by atoms with Crippen LogP contribution in [0.1, 0.15) is 0 Å². The number of hydrogen-bond acceptors (Lipinski definition) is 4. The van der Waals surface area contributed by atoms with E-state index >= 15 is 0 Å². The SMILES string of the molecule is NC(=O)OCCNS(N)(=O)=O. The minimum Gasteiger partial charge on any atom is -0.448 e. The van der Waals surface area contributed by atoms with E-state index < -0.39 is 16.3 Å². The molecule has 0 fully saturated rings. The molecular weight excluding hydrogens is 174 g/mol. The Morgan fingerprint density at radius 3 is 2.45 bits per heavy atom. The number of nitrogens with two attached hydrogens (primary N) is 2. The molecule has 0 unspecified atom stereocenters. The lowest BCUT2D eigenvalue weighted by Gasteiger charge is -2.00. The van der Waals surface area contributed by atoms with E-state index in [1.807, 2.05) is 4.72 Å². The normalized spacial score (nSPS) is 11.0. The van der Waals surface area contributed by atoms with Gasteiger partial charge in [-0.1, -0.05) is 0 Å². The fourth-order valence-corrected chi connectivity index (χ4v) is 0.703. The van der Waals surface area contributed by atoms with E-state index in [4.69, 9.17) is 0 Å². The number of primary amides is 1. The summed E-state index contributed by atoms with van der Waals surface area (Å²) in [5, 5.41) is 4.54. The molecule has 0 saturated heterocycles. The fourth-order valence-electron chi connectivity index (χ4n) is 0.336. The molecule has 11 heavy (non-hydrogen) atoms. The van der Waals surface area contributed by atoms with Crippen molar-refractivity contribution in [1.29, 1.82) is 0 Å². The molecule has 0 aliphatic carbocycles. The Hall–Kier alpha value is -0.860. The van der Waals surface area contributed by atoms with Crippen LogP contribution in [-0.4, -0.2) is 27.7 Å². The van der Waals surface area contributed by atoms with Crippen molar-refractivity contribution in [1.82, 2.24) is 4.72 Å². The van der Waals surface area contributed by atoms with Gasteiger partial charge in [0.1, 0.15) is 6.61 Å². The molecule has 66 valence electrons. The van der Waals surface area contributed by atoms with Crippen molar-refractivity contribution in [3.63, 3.8) is 0 Å². The molecular formula is C3H9N3O4S. The molecule has 0 aliphatic rings. The third-order valence-electron chi connectivity index (χ3n) is 0.650. The van der Waals surface area contributed by atoms with E-state index in [1.54, 1.807) is 0 Å². The van der Waals surface area contributed by atoms with Gasteiger partial charge in [0.2, 0.25) is 0 Å². The molecule has 0 aromatic carbocycles. The van der Waals surface area contributed by atoms with Gasteiger partial charge in [0.05, 0.1) is 0 Å². The maximum absolute atomic E-state index is 10.2. The Morgan fingerprint density at radius 2 is 2.09 bits per heavy atom. The molecule has 0 aromatic rings. The number of hydrogen-bond donors (Lipinski definition) is 3. The number of ether oxygens (including phenoxy) is 1. The fraction of sp³-hybridized carbons (Fsp3) is 0.667. The van der Waals surface area contributed by atoms with Gasteiger partial charge < -0.3 is 10.5 Å². The van der Waals surface area contributed by atoms with E-state index in [1.165, 1.54) is 0 Å². The van der Waals surface area contributed by atoms with Crippen molar-refractivity contribution in [2.75, 3.05) is 13.2 Å². The lowest BCUT2D eigenvalue weighted by molar-refractivity contribution is 0.159. The lowest BCUT2D eigenvalue weighted by atomic mass is 10.7. The van der Waals surface area contributed by atoms with Crippen molar-refractivity contribution in [3.05, 3.63) is 0 Å². The number of rotatable bonds is 4. The Labute approximate surface area is 63.9 Å². The highest BCUT2D eigenvalue weighted by atomic mass is 32.2. The zero-order chi connectivity index (χ0) is 8.91. The van der Waals surface area contributed by atoms with Gasteiger partial charge in [-0.25, -0.2) is 9.93 Å². The van der Waals surface area contributed by atoms with Crippen LogP contribution in [-0.2, 0) is 14.9 Å². The van der Waals surface area contributed by atoms with E-state index in [-0.39, 0.29) is 13.2 Å². The Morgan fingerprint density at radius 1 is 1.55 bits per heavy atom. The highest BCUT2D eigenvalue weighted by Crippen LogP contribution is 1.72. The van der Waals surface area contributed by atoms with Crippen LogP contribution in [0.2, 0.25) is 0 Å². The zero-order valence-electron chi connectivity index (χ0n) is 5.61. The maximum atomic E-state index is 10.2. The molecule has 8 heteroatoms. The molecule has 0 aliphatic heterocycles. The van der Waals surface area contributed by atoms with Crippen LogP contribution in [0.3, 0.4) is 0 Å². The molecule has 0 spiro atoms. The molecule has 0 saturated carbocycles.